The zero-order chi connectivity index (χ0) is 22.2. The summed E-state index contributed by atoms with van der Waals surface area (Å²) in [6, 6.07) is 1.69. The first kappa shape index (κ1) is 20.6. The molecule has 0 saturated heterocycles. The first-order valence-corrected chi connectivity index (χ1v) is 9.68. The monoisotopic (exact) mass is 422 g/mol. The van der Waals surface area contributed by atoms with E-state index in [1.807, 2.05) is 0 Å². The molecule has 1 aliphatic carbocycles. The zero-order valence-corrected chi connectivity index (χ0v) is 17.3. The first-order valence-electron chi connectivity index (χ1n) is 9.68. The summed E-state index contributed by atoms with van der Waals surface area (Å²) in [5.41, 5.74) is -2.26. The van der Waals surface area contributed by atoms with Gasteiger partial charge in [0.15, 0.2) is 22.7 Å². The van der Waals surface area contributed by atoms with E-state index in [4.69, 9.17) is 0 Å². The summed E-state index contributed by atoms with van der Waals surface area (Å²) in [5, 5.41) is 27.9. The Morgan fingerprint density at radius 2 is 1.87 bits per heavy atom. The van der Waals surface area contributed by atoms with Crippen molar-refractivity contribution in [3.8, 4) is 11.8 Å². The lowest BCUT2D eigenvalue weighted by atomic mass is 9.84. The Kier molecular flexibility index (Phi) is 5.04. The Hall–Kier alpha value is -3.62. The number of fused-ring (bicyclic) bond motifs is 1. The van der Waals surface area contributed by atoms with Crippen LogP contribution in [-0.4, -0.2) is 65.8 Å². The van der Waals surface area contributed by atoms with Crippen LogP contribution in [0.25, 0.3) is 11.2 Å². The second kappa shape index (κ2) is 7.57. The van der Waals surface area contributed by atoms with E-state index in [0.29, 0.717) is 17.2 Å². The van der Waals surface area contributed by atoms with E-state index < -0.39 is 17.2 Å². The molecule has 0 aromatic carbocycles. The average Bonchev–Trinajstić information content (AvgIpc) is 3.33. The lowest BCUT2D eigenvalue weighted by Gasteiger charge is -2.34. The number of imidazole rings is 1. The highest BCUT2D eigenvalue weighted by atomic mass is 16.4. The highest BCUT2D eigenvalue weighted by molar-refractivity contribution is 5.85. The molecule has 0 aliphatic heterocycles. The molecule has 4 rings (SSSR count). The molecule has 31 heavy (non-hydrogen) atoms. The van der Waals surface area contributed by atoms with Crippen LogP contribution < -0.4 is 10.6 Å². The van der Waals surface area contributed by atoms with Crippen molar-refractivity contribution in [3.05, 3.63) is 36.4 Å². The number of nitrogens with one attached hydrogen (secondary N) is 2. The molecule has 1 fully saturated rings. The number of aliphatic hydroxyl groups excluding tert-OH is 1. The molecule has 160 valence electrons. The molecule has 3 aromatic heterocycles. The van der Waals surface area contributed by atoms with Crippen molar-refractivity contribution in [1.29, 1.82) is 0 Å². The van der Waals surface area contributed by atoms with Crippen LogP contribution in [0.3, 0.4) is 0 Å². The number of hydrogen-bond acceptors (Lipinski definition) is 9. The van der Waals surface area contributed by atoms with Gasteiger partial charge in [0.25, 0.3) is 0 Å². The Balaban J connectivity index is 1.81. The summed E-state index contributed by atoms with van der Waals surface area (Å²) in [7, 11) is 3.18. The largest absolute Gasteiger partial charge is 0.387 e. The van der Waals surface area contributed by atoms with E-state index in [1.165, 1.54) is 17.9 Å². The quantitative estimate of drug-likeness (QED) is 0.414. The van der Waals surface area contributed by atoms with Crippen molar-refractivity contribution in [3.63, 3.8) is 0 Å². The molecule has 1 amide bonds. The first-order chi connectivity index (χ1) is 14.8. The van der Waals surface area contributed by atoms with Gasteiger partial charge in [-0.15, -0.1) is 0 Å². The van der Waals surface area contributed by atoms with Crippen LogP contribution in [0.4, 0.5) is 5.82 Å². The van der Waals surface area contributed by atoms with Crippen LogP contribution in [0.2, 0.25) is 0 Å². The number of amides is 1. The van der Waals surface area contributed by atoms with Crippen molar-refractivity contribution >= 4 is 22.9 Å². The fourth-order valence-electron chi connectivity index (χ4n) is 3.89. The molecule has 4 N–H and O–H groups in total. The van der Waals surface area contributed by atoms with Crippen molar-refractivity contribution in [2.75, 3.05) is 19.4 Å². The van der Waals surface area contributed by atoms with E-state index in [0.717, 1.165) is 0 Å². The van der Waals surface area contributed by atoms with E-state index in [1.54, 1.807) is 32.4 Å². The van der Waals surface area contributed by atoms with Crippen molar-refractivity contribution in [1.82, 2.24) is 34.8 Å². The van der Waals surface area contributed by atoms with Crippen LogP contribution in [-0.2, 0) is 10.5 Å². The smallest absolute Gasteiger partial charge is 0.228 e. The second-order valence-electron chi connectivity index (χ2n) is 7.53. The van der Waals surface area contributed by atoms with E-state index in [9.17, 15) is 15.0 Å². The van der Waals surface area contributed by atoms with Gasteiger partial charge in [0, 0.05) is 26.5 Å². The van der Waals surface area contributed by atoms with Crippen LogP contribution in [0.15, 0.2) is 24.8 Å². The van der Waals surface area contributed by atoms with Crippen molar-refractivity contribution < 1.29 is 15.0 Å². The molecular weight excluding hydrogens is 400 g/mol. The number of carbonyl (C=O) groups is 1. The minimum absolute atomic E-state index is 0.140. The molecular formula is C20H22N8O3. The molecule has 0 bridgehead atoms. The van der Waals surface area contributed by atoms with Gasteiger partial charge >= 0.3 is 0 Å². The van der Waals surface area contributed by atoms with Crippen molar-refractivity contribution in [2.45, 2.75) is 31.6 Å². The number of aromatic nitrogens is 6. The minimum Gasteiger partial charge on any atom is -0.387 e. The van der Waals surface area contributed by atoms with Gasteiger partial charge in [-0.05, 0) is 37.7 Å². The summed E-state index contributed by atoms with van der Waals surface area (Å²) in [5.74, 6) is 6.15. The molecule has 0 spiro atoms. The van der Waals surface area contributed by atoms with Crippen LogP contribution in [0, 0.1) is 17.3 Å². The van der Waals surface area contributed by atoms with Gasteiger partial charge in [0.05, 0.1) is 11.7 Å². The number of anilines is 1. The third-order valence-electron chi connectivity index (χ3n) is 5.70. The zero-order valence-electron chi connectivity index (χ0n) is 17.3. The summed E-state index contributed by atoms with van der Waals surface area (Å²) in [4.78, 5) is 33.6. The molecule has 1 aliphatic rings. The molecule has 3 aromatic rings. The fraction of sp³-hybridized carbons (Fsp3) is 0.400. The third-order valence-corrected chi connectivity index (χ3v) is 5.70. The number of rotatable bonds is 3. The lowest BCUT2D eigenvalue weighted by Crippen LogP contribution is -2.51. The standard InChI is InChI=1S/C20H22N8O3/c1-19(18(30)22-3)7-8-20(31,17(19)29)28-11-25-14-15(21-2)26-13(27-16(14)28)6-5-12-23-9-4-10-24-12/h4,9-11,17,29,31H,7-8H2,1-3H3,(H,22,30)(H,21,26,27)/t17-,19?,20-/m1/s1. The van der Waals surface area contributed by atoms with Gasteiger partial charge in [-0.25, -0.2) is 24.9 Å². The number of aliphatic hydroxyl groups is 2. The highest BCUT2D eigenvalue weighted by Gasteiger charge is 2.58. The van der Waals surface area contributed by atoms with E-state index in [-0.39, 0.29) is 30.2 Å². The maximum Gasteiger partial charge on any atom is 0.228 e. The van der Waals surface area contributed by atoms with E-state index in [2.05, 4.69) is 47.4 Å². The third kappa shape index (κ3) is 3.26. The van der Waals surface area contributed by atoms with Crippen LogP contribution >= 0.6 is 0 Å². The highest BCUT2D eigenvalue weighted by Crippen LogP contribution is 2.47. The summed E-state index contributed by atoms with van der Waals surface area (Å²) < 4.78 is 1.38. The van der Waals surface area contributed by atoms with Crippen LogP contribution in [0.1, 0.15) is 31.4 Å². The molecule has 1 unspecified atom stereocenters. The average molecular weight is 422 g/mol. The summed E-state index contributed by atoms with van der Waals surface area (Å²) >= 11 is 0. The fourth-order valence-corrected chi connectivity index (χ4v) is 3.89. The maximum atomic E-state index is 12.4. The maximum absolute atomic E-state index is 12.4. The molecule has 1 saturated carbocycles. The Morgan fingerprint density at radius 3 is 2.55 bits per heavy atom. The number of carbonyl (C=O) groups excluding carboxylic acids is 1. The lowest BCUT2D eigenvalue weighted by molar-refractivity contribution is -0.157. The summed E-state index contributed by atoms with van der Waals surface area (Å²) in [6.07, 6.45) is 3.59. The molecule has 3 heterocycles. The molecule has 11 nitrogen and oxygen atoms in total. The van der Waals surface area contributed by atoms with Gasteiger partial charge < -0.3 is 20.8 Å². The molecule has 3 atom stereocenters. The van der Waals surface area contributed by atoms with E-state index >= 15 is 0 Å². The summed E-state index contributed by atoms with van der Waals surface area (Å²) in [6.45, 7) is 1.62. The van der Waals surface area contributed by atoms with Gasteiger partial charge in [0.1, 0.15) is 6.10 Å². The number of nitrogens with zero attached hydrogens (tertiary/aromatic N) is 6. The molecule has 11 heteroatoms. The molecule has 0 radical (unpaired) electrons. The predicted molar refractivity (Wildman–Crippen MR) is 110 cm³/mol. The van der Waals surface area contributed by atoms with Gasteiger partial charge in [-0.3, -0.25) is 9.36 Å². The van der Waals surface area contributed by atoms with Gasteiger partial charge in [0.2, 0.25) is 17.6 Å². The topological polar surface area (TPSA) is 151 Å². The Labute approximate surface area is 178 Å². The Morgan fingerprint density at radius 1 is 1.16 bits per heavy atom. The van der Waals surface area contributed by atoms with Gasteiger partial charge in [-0.1, -0.05) is 0 Å². The Bertz CT molecular complexity index is 1200. The van der Waals surface area contributed by atoms with Crippen molar-refractivity contribution in [2.24, 2.45) is 5.41 Å². The minimum atomic E-state index is -1.78. The predicted octanol–water partition coefficient (Wildman–Crippen LogP) is -0.390. The van der Waals surface area contributed by atoms with Crippen LogP contribution in [0.5, 0.6) is 0 Å². The normalized spacial score (nSPS) is 25.1. The SMILES string of the molecule is CNC(=O)C1(C)CC[C@](O)(n2cnc3c(NC)nc(C#Cc4ncccn4)nc32)[C@@H]1O. The number of hydrogen-bond donors (Lipinski definition) is 4. The van der Waals surface area contributed by atoms with Gasteiger partial charge in [-0.2, -0.15) is 0 Å². The second-order valence-corrected chi connectivity index (χ2v) is 7.53.